The molecule has 1 N–H and O–H groups in total. The average Bonchev–Trinajstić information content (AvgIpc) is 2.42. The van der Waals surface area contributed by atoms with Crippen molar-refractivity contribution in [1.82, 2.24) is 5.32 Å². The van der Waals surface area contributed by atoms with Gasteiger partial charge in [-0.15, -0.1) is 0 Å². The van der Waals surface area contributed by atoms with Gasteiger partial charge in [-0.2, -0.15) is 0 Å². The second-order valence-electron chi connectivity index (χ2n) is 5.93. The maximum atomic E-state index is 12.0. The lowest BCUT2D eigenvalue weighted by Gasteiger charge is -2.26. The number of nitrogens with one attached hydrogen (secondary N) is 1. The molecule has 0 aromatic heterocycles. The van der Waals surface area contributed by atoms with Gasteiger partial charge in [0.15, 0.2) is 0 Å². The second-order valence-corrected chi connectivity index (χ2v) is 5.93. The molecule has 0 unspecified atom stereocenters. The van der Waals surface area contributed by atoms with Crippen LogP contribution in [0.25, 0.3) is 0 Å². The van der Waals surface area contributed by atoms with Gasteiger partial charge in [-0.3, -0.25) is 4.79 Å². The number of rotatable bonds is 8. The van der Waals surface area contributed by atoms with Gasteiger partial charge >= 0.3 is 0 Å². The number of Topliss-reactive ketones (excluding diaryl/α,β-unsaturated/α-hetero) is 1. The molecule has 1 rings (SSSR count). The summed E-state index contributed by atoms with van der Waals surface area (Å²) in [6.45, 7) is 4.64. The van der Waals surface area contributed by atoms with E-state index in [2.05, 4.69) is 12.2 Å². The maximum absolute atomic E-state index is 12.0. The summed E-state index contributed by atoms with van der Waals surface area (Å²) >= 11 is 0. The van der Waals surface area contributed by atoms with Crippen molar-refractivity contribution in [3.63, 3.8) is 0 Å². The Hall–Kier alpha value is -0.860. The van der Waals surface area contributed by atoms with Gasteiger partial charge in [-0.25, -0.2) is 0 Å². The molecule has 1 saturated carbocycles. The molecule has 1 fully saturated rings. The summed E-state index contributed by atoms with van der Waals surface area (Å²) in [5, 5.41) is 3.05. The van der Waals surface area contributed by atoms with Crippen LogP contribution in [-0.2, 0) is 9.59 Å². The molecule has 0 heterocycles. The lowest BCUT2D eigenvalue weighted by atomic mass is 9.80. The average molecular weight is 267 g/mol. The van der Waals surface area contributed by atoms with Crippen LogP contribution in [0.3, 0.4) is 0 Å². The molecule has 1 aliphatic carbocycles. The van der Waals surface area contributed by atoms with Crippen LogP contribution in [-0.4, -0.2) is 18.2 Å². The van der Waals surface area contributed by atoms with Crippen molar-refractivity contribution in [3.05, 3.63) is 0 Å². The Morgan fingerprint density at radius 3 is 2.32 bits per heavy atom. The Bertz CT molecular complexity index is 280. The highest BCUT2D eigenvalue weighted by atomic mass is 16.1. The van der Waals surface area contributed by atoms with Crippen LogP contribution in [0.4, 0.5) is 0 Å². The van der Waals surface area contributed by atoms with Crippen molar-refractivity contribution in [3.8, 4) is 0 Å². The van der Waals surface area contributed by atoms with Crippen molar-refractivity contribution in [2.24, 2.45) is 11.8 Å². The number of hydrogen-bond acceptors (Lipinski definition) is 2. The summed E-state index contributed by atoms with van der Waals surface area (Å²) in [7, 11) is 0. The van der Waals surface area contributed by atoms with Crippen molar-refractivity contribution in [2.75, 3.05) is 6.54 Å². The molecule has 0 aromatic carbocycles. The number of hydrogen-bond donors (Lipinski definition) is 1. The topological polar surface area (TPSA) is 46.2 Å². The normalized spacial score (nSPS) is 23.1. The highest BCUT2D eigenvalue weighted by molar-refractivity contribution is 5.78. The first-order valence-electron chi connectivity index (χ1n) is 7.90. The van der Waals surface area contributed by atoms with Crippen LogP contribution in [0, 0.1) is 11.8 Å². The van der Waals surface area contributed by atoms with E-state index in [1.807, 2.05) is 0 Å². The summed E-state index contributed by atoms with van der Waals surface area (Å²) in [5.74, 6) is 1.61. The Kier molecular flexibility index (Phi) is 7.76. The molecule has 3 nitrogen and oxygen atoms in total. The lowest BCUT2D eigenvalue weighted by Crippen LogP contribution is -2.33. The van der Waals surface area contributed by atoms with Gasteiger partial charge in [0, 0.05) is 18.9 Å². The molecule has 0 atom stereocenters. The van der Waals surface area contributed by atoms with E-state index in [0.717, 1.165) is 44.6 Å². The van der Waals surface area contributed by atoms with Crippen molar-refractivity contribution < 1.29 is 9.59 Å². The van der Waals surface area contributed by atoms with E-state index in [1.54, 1.807) is 6.92 Å². The van der Waals surface area contributed by atoms with Gasteiger partial charge in [-0.1, -0.05) is 19.8 Å². The largest absolute Gasteiger partial charge is 0.356 e. The molecule has 110 valence electrons. The number of amides is 1. The van der Waals surface area contributed by atoms with Crippen LogP contribution >= 0.6 is 0 Å². The van der Waals surface area contributed by atoms with Crippen LogP contribution in [0.1, 0.15) is 71.6 Å². The highest BCUT2D eigenvalue weighted by Gasteiger charge is 2.24. The lowest BCUT2D eigenvalue weighted by molar-refractivity contribution is -0.126. The first-order valence-corrected chi connectivity index (χ1v) is 7.90. The molecule has 19 heavy (non-hydrogen) atoms. The SMILES string of the molecule is CCC1CCC(C(=O)NCCCCCC(C)=O)CC1. The molecule has 0 aromatic rings. The number of carbonyl (C=O) groups is 2. The summed E-state index contributed by atoms with van der Waals surface area (Å²) in [6, 6.07) is 0. The van der Waals surface area contributed by atoms with E-state index in [9.17, 15) is 9.59 Å². The molecule has 1 amide bonds. The summed E-state index contributed by atoms with van der Waals surface area (Å²) in [5.41, 5.74) is 0. The predicted molar refractivity (Wildman–Crippen MR) is 77.9 cm³/mol. The molecule has 0 radical (unpaired) electrons. The molecule has 0 bridgehead atoms. The summed E-state index contributed by atoms with van der Waals surface area (Å²) < 4.78 is 0. The van der Waals surface area contributed by atoms with Crippen molar-refractivity contribution in [2.45, 2.75) is 71.6 Å². The maximum Gasteiger partial charge on any atom is 0.223 e. The third kappa shape index (κ3) is 6.74. The van der Waals surface area contributed by atoms with Crippen LogP contribution in [0.15, 0.2) is 0 Å². The van der Waals surface area contributed by atoms with E-state index < -0.39 is 0 Å². The minimum atomic E-state index is 0.250. The highest BCUT2D eigenvalue weighted by Crippen LogP contribution is 2.30. The van der Waals surface area contributed by atoms with E-state index in [1.165, 1.54) is 19.3 Å². The monoisotopic (exact) mass is 267 g/mol. The Morgan fingerprint density at radius 1 is 1.05 bits per heavy atom. The minimum Gasteiger partial charge on any atom is -0.356 e. The van der Waals surface area contributed by atoms with Crippen molar-refractivity contribution in [1.29, 1.82) is 0 Å². The standard InChI is InChI=1S/C16H29NO2/c1-3-14-8-10-15(11-9-14)16(19)17-12-6-4-5-7-13(2)18/h14-15H,3-12H2,1-2H3,(H,17,19). The first kappa shape index (κ1) is 16.2. The fourth-order valence-electron chi connectivity index (χ4n) is 2.86. The molecule has 3 heteroatoms. The number of unbranched alkanes of at least 4 members (excludes halogenated alkanes) is 2. The van der Waals surface area contributed by atoms with Crippen LogP contribution < -0.4 is 5.32 Å². The third-order valence-corrected chi connectivity index (χ3v) is 4.30. The smallest absolute Gasteiger partial charge is 0.223 e. The zero-order valence-electron chi connectivity index (χ0n) is 12.5. The van der Waals surface area contributed by atoms with Crippen LogP contribution in [0.5, 0.6) is 0 Å². The van der Waals surface area contributed by atoms with Gasteiger partial charge in [0.2, 0.25) is 5.91 Å². The Balaban J connectivity index is 2.03. The number of ketones is 1. The number of carbonyl (C=O) groups excluding carboxylic acids is 2. The Morgan fingerprint density at radius 2 is 1.74 bits per heavy atom. The summed E-state index contributed by atoms with van der Waals surface area (Å²) in [4.78, 5) is 22.7. The first-order chi connectivity index (χ1) is 9.13. The zero-order valence-corrected chi connectivity index (χ0v) is 12.5. The minimum absolute atomic E-state index is 0.250. The van der Waals surface area contributed by atoms with Gasteiger partial charge in [-0.05, 0) is 51.4 Å². The quantitative estimate of drug-likeness (QED) is 0.684. The Labute approximate surface area is 117 Å². The third-order valence-electron chi connectivity index (χ3n) is 4.30. The van der Waals surface area contributed by atoms with Gasteiger partial charge in [0.1, 0.15) is 5.78 Å². The zero-order chi connectivity index (χ0) is 14.1. The van der Waals surface area contributed by atoms with E-state index in [4.69, 9.17) is 0 Å². The van der Waals surface area contributed by atoms with E-state index in [0.29, 0.717) is 6.42 Å². The van der Waals surface area contributed by atoms with Crippen LogP contribution in [0.2, 0.25) is 0 Å². The molecule has 1 aliphatic rings. The van der Waals surface area contributed by atoms with Gasteiger partial charge in [0.05, 0.1) is 0 Å². The van der Waals surface area contributed by atoms with Gasteiger partial charge in [0.25, 0.3) is 0 Å². The molecule has 0 saturated heterocycles. The predicted octanol–water partition coefficient (Wildman–Crippen LogP) is 3.47. The van der Waals surface area contributed by atoms with Gasteiger partial charge < -0.3 is 10.1 Å². The molecular formula is C16H29NO2. The molecule has 0 aliphatic heterocycles. The van der Waals surface area contributed by atoms with E-state index in [-0.39, 0.29) is 17.6 Å². The van der Waals surface area contributed by atoms with E-state index >= 15 is 0 Å². The molecular weight excluding hydrogens is 238 g/mol. The molecule has 0 spiro atoms. The fraction of sp³-hybridized carbons (Fsp3) is 0.875. The summed E-state index contributed by atoms with van der Waals surface area (Å²) in [6.07, 6.45) is 9.46. The van der Waals surface area contributed by atoms with Crippen molar-refractivity contribution >= 4 is 11.7 Å². The second kappa shape index (κ2) is 9.11. The fourth-order valence-corrected chi connectivity index (χ4v) is 2.86.